The van der Waals surface area contributed by atoms with Crippen molar-refractivity contribution in [2.75, 3.05) is 0 Å². The summed E-state index contributed by atoms with van der Waals surface area (Å²) in [4.78, 5) is 4.25. The summed E-state index contributed by atoms with van der Waals surface area (Å²) < 4.78 is 52.1. The van der Waals surface area contributed by atoms with Crippen molar-refractivity contribution in [1.82, 2.24) is 4.98 Å². The molecule has 0 saturated heterocycles. The lowest BCUT2D eigenvalue weighted by molar-refractivity contribution is -0.139. The molecule has 0 spiro atoms. The first-order chi connectivity index (χ1) is 9.10. The van der Waals surface area contributed by atoms with E-state index < -0.39 is 17.6 Å². The Morgan fingerprint density at radius 1 is 1.10 bits per heavy atom. The zero-order valence-electron chi connectivity index (χ0n) is 11.2. The molecule has 0 bridgehead atoms. The van der Waals surface area contributed by atoms with Crippen molar-refractivity contribution in [3.8, 4) is 10.6 Å². The van der Waals surface area contributed by atoms with Gasteiger partial charge < -0.3 is 0 Å². The van der Waals surface area contributed by atoms with Crippen LogP contribution in [0.1, 0.15) is 32.0 Å². The van der Waals surface area contributed by atoms with Crippen molar-refractivity contribution in [2.45, 2.75) is 32.4 Å². The van der Waals surface area contributed by atoms with Gasteiger partial charge >= 0.3 is 6.18 Å². The third-order valence-corrected chi connectivity index (χ3v) is 3.68. The maximum absolute atomic E-state index is 14.0. The summed E-state index contributed by atoms with van der Waals surface area (Å²) in [6, 6.07) is 3.24. The minimum absolute atomic E-state index is 0.111. The molecular weight excluding hydrogens is 290 g/mol. The maximum atomic E-state index is 14.0. The first-order valence-electron chi connectivity index (χ1n) is 5.93. The number of thiazole rings is 1. The molecule has 20 heavy (non-hydrogen) atoms. The summed E-state index contributed by atoms with van der Waals surface area (Å²) in [6.07, 6.45) is -4.70. The van der Waals surface area contributed by atoms with Crippen LogP contribution < -0.4 is 0 Å². The highest BCUT2D eigenvalue weighted by Gasteiger charge is 2.35. The van der Waals surface area contributed by atoms with Gasteiger partial charge in [0, 0.05) is 16.4 Å². The molecule has 0 unspecified atom stereocenters. The lowest BCUT2D eigenvalue weighted by Gasteiger charge is -2.14. The molecule has 0 fully saturated rings. The quantitative estimate of drug-likeness (QED) is 0.654. The number of hydrogen-bond donors (Lipinski definition) is 0. The topological polar surface area (TPSA) is 12.9 Å². The predicted octanol–water partition coefficient (Wildman–Crippen LogP) is 5.27. The summed E-state index contributed by atoms with van der Waals surface area (Å²) in [5, 5.41) is 2.01. The zero-order valence-corrected chi connectivity index (χ0v) is 12.0. The van der Waals surface area contributed by atoms with Gasteiger partial charge in [0.05, 0.1) is 11.3 Å². The normalized spacial score (nSPS) is 12.8. The fourth-order valence-electron chi connectivity index (χ4n) is 1.66. The van der Waals surface area contributed by atoms with Gasteiger partial charge in [0.15, 0.2) is 0 Å². The standard InChI is InChI=1S/C14H13F4NS/c1-13(2,3)10-7-20-12(19-10)8-5-4-6-9(11(8)15)14(16,17)18/h4-7H,1-3H3. The van der Waals surface area contributed by atoms with Gasteiger partial charge in [0.25, 0.3) is 0 Å². The summed E-state index contributed by atoms with van der Waals surface area (Å²) >= 11 is 1.14. The van der Waals surface area contributed by atoms with Crippen LogP contribution >= 0.6 is 11.3 Å². The molecule has 0 radical (unpaired) electrons. The van der Waals surface area contributed by atoms with Gasteiger partial charge in [0.1, 0.15) is 10.8 Å². The van der Waals surface area contributed by atoms with Crippen LogP contribution in [0.15, 0.2) is 23.6 Å². The number of hydrogen-bond acceptors (Lipinski definition) is 2. The molecule has 0 atom stereocenters. The Labute approximate surface area is 118 Å². The van der Waals surface area contributed by atoms with Gasteiger partial charge in [0.2, 0.25) is 0 Å². The second-order valence-electron chi connectivity index (χ2n) is 5.45. The van der Waals surface area contributed by atoms with E-state index in [1.54, 1.807) is 5.38 Å². The van der Waals surface area contributed by atoms with Crippen LogP contribution in [0.3, 0.4) is 0 Å². The van der Waals surface area contributed by atoms with Crippen molar-refractivity contribution in [3.05, 3.63) is 40.7 Å². The second kappa shape index (κ2) is 4.84. The van der Waals surface area contributed by atoms with Crippen LogP contribution in [-0.4, -0.2) is 4.98 Å². The number of nitrogens with zero attached hydrogens (tertiary/aromatic N) is 1. The van der Waals surface area contributed by atoms with E-state index in [1.807, 2.05) is 20.8 Å². The average molecular weight is 303 g/mol. The van der Waals surface area contributed by atoms with Crippen LogP contribution in [0.5, 0.6) is 0 Å². The summed E-state index contributed by atoms with van der Waals surface area (Å²) in [5.41, 5.74) is -0.871. The summed E-state index contributed by atoms with van der Waals surface area (Å²) in [7, 11) is 0. The molecule has 108 valence electrons. The second-order valence-corrected chi connectivity index (χ2v) is 6.31. The van der Waals surface area contributed by atoms with E-state index in [1.165, 1.54) is 12.1 Å². The molecule has 1 nitrogen and oxygen atoms in total. The number of halogens is 4. The molecule has 1 heterocycles. The highest BCUT2D eigenvalue weighted by Crippen LogP contribution is 2.37. The Kier molecular flexibility index (Phi) is 3.62. The number of aromatic nitrogens is 1. The van der Waals surface area contributed by atoms with Gasteiger partial charge in [-0.3, -0.25) is 0 Å². The molecule has 0 aliphatic heterocycles. The molecule has 6 heteroatoms. The third kappa shape index (κ3) is 2.85. The smallest absolute Gasteiger partial charge is 0.240 e. The predicted molar refractivity (Wildman–Crippen MR) is 71.2 cm³/mol. The summed E-state index contributed by atoms with van der Waals surface area (Å²) in [5.74, 6) is -1.27. The fraction of sp³-hybridized carbons (Fsp3) is 0.357. The number of benzene rings is 1. The Bertz CT molecular complexity index is 623. The zero-order chi connectivity index (χ0) is 15.1. The minimum Gasteiger partial charge on any atom is -0.240 e. The molecule has 2 rings (SSSR count). The highest BCUT2D eigenvalue weighted by atomic mass is 32.1. The maximum Gasteiger partial charge on any atom is 0.419 e. The Morgan fingerprint density at radius 3 is 2.25 bits per heavy atom. The van der Waals surface area contributed by atoms with E-state index >= 15 is 0 Å². The lowest BCUT2D eigenvalue weighted by Crippen LogP contribution is -2.11. The van der Waals surface area contributed by atoms with Gasteiger partial charge in [-0.05, 0) is 12.1 Å². The van der Waals surface area contributed by atoms with Crippen LogP contribution in [0.25, 0.3) is 10.6 Å². The Hall–Kier alpha value is -1.43. The lowest BCUT2D eigenvalue weighted by atomic mass is 9.93. The summed E-state index contributed by atoms with van der Waals surface area (Å²) in [6.45, 7) is 5.82. The third-order valence-electron chi connectivity index (χ3n) is 2.81. The highest BCUT2D eigenvalue weighted by molar-refractivity contribution is 7.13. The molecular formula is C14H13F4NS. The molecule has 0 N–H and O–H groups in total. The van der Waals surface area contributed by atoms with E-state index in [0.717, 1.165) is 23.1 Å². The molecule has 0 aliphatic carbocycles. The van der Waals surface area contributed by atoms with E-state index in [2.05, 4.69) is 4.98 Å². The van der Waals surface area contributed by atoms with Crippen molar-refractivity contribution >= 4 is 11.3 Å². The number of alkyl halides is 3. The molecule has 0 amide bonds. The van der Waals surface area contributed by atoms with Gasteiger partial charge in [-0.1, -0.05) is 26.8 Å². The van der Waals surface area contributed by atoms with E-state index in [4.69, 9.17) is 0 Å². The first kappa shape index (κ1) is 15.0. The fourth-order valence-corrected chi connectivity index (χ4v) is 2.72. The molecule has 0 saturated carbocycles. The van der Waals surface area contributed by atoms with Crippen molar-refractivity contribution < 1.29 is 17.6 Å². The largest absolute Gasteiger partial charge is 0.419 e. The molecule has 1 aromatic heterocycles. The van der Waals surface area contributed by atoms with Crippen molar-refractivity contribution in [2.24, 2.45) is 0 Å². The van der Waals surface area contributed by atoms with E-state index in [9.17, 15) is 17.6 Å². The van der Waals surface area contributed by atoms with E-state index in [-0.39, 0.29) is 16.0 Å². The van der Waals surface area contributed by atoms with Gasteiger partial charge in [-0.25, -0.2) is 9.37 Å². The van der Waals surface area contributed by atoms with Crippen LogP contribution in [0.2, 0.25) is 0 Å². The monoisotopic (exact) mass is 303 g/mol. The SMILES string of the molecule is CC(C)(C)c1csc(-c2cccc(C(F)(F)F)c2F)n1. The molecule has 1 aromatic carbocycles. The molecule has 2 aromatic rings. The Balaban J connectivity index is 2.52. The van der Waals surface area contributed by atoms with Crippen LogP contribution in [-0.2, 0) is 11.6 Å². The van der Waals surface area contributed by atoms with Crippen LogP contribution in [0.4, 0.5) is 17.6 Å². The minimum atomic E-state index is -4.70. The van der Waals surface area contributed by atoms with Crippen molar-refractivity contribution in [3.63, 3.8) is 0 Å². The van der Waals surface area contributed by atoms with Gasteiger partial charge in [-0.2, -0.15) is 13.2 Å². The van der Waals surface area contributed by atoms with E-state index in [0.29, 0.717) is 0 Å². The van der Waals surface area contributed by atoms with Crippen LogP contribution in [0, 0.1) is 5.82 Å². The Morgan fingerprint density at radius 2 is 1.75 bits per heavy atom. The van der Waals surface area contributed by atoms with Gasteiger partial charge in [-0.15, -0.1) is 11.3 Å². The van der Waals surface area contributed by atoms with Crippen molar-refractivity contribution in [1.29, 1.82) is 0 Å². The average Bonchev–Trinajstić information content (AvgIpc) is 2.76. The molecule has 0 aliphatic rings. The number of rotatable bonds is 1. The first-order valence-corrected chi connectivity index (χ1v) is 6.81.